The Morgan fingerprint density at radius 1 is 1.22 bits per heavy atom. The summed E-state index contributed by atoms with van der Waals surface area (Å²) in [6.45, 7) is 0.730. The highest BCUT2D eigenvalue weighted by Crippen LogP contribution is 2.27. The van der Waals surface area contributed by atoms with Gasteiger partial charge in [0.2, 0.25) is 0 Å². The quantitative estimate of drug-likeness (QED) is 0.761. The lowest BCUT2D eigenvalue weighted by atomic mass is 10.0. The molecule has 3 nitrogen and oxygen atoms in total. The maximum atomic E-state index is 5.49. The van der Waals surface area contributed by atoms with Gasteiger partial charge in [0.05, 0.1) is 18.3 Å². The predicted molar refractivity (Wildman–Crippen MR) is 72.2 cm³/mol. The van der Waals surface area contributed by atoms with Gasteiger partial charge in [0.1, 0.15) is 5.76 Å². The van der Waals surface area contributed by atoms with E-state index in [-0.39, 0.29) is 0 Å². The number of rotatable bonds is 3. The van der Waals surface area contributed by atoms with Crippen LogP contribution < -0.4 is 5.32 Å². The molecule has 0 radical (unpaired) electrons. The second-order valence-corrected chi connectivity index (χ2v) is 4.20. The van der Waals surface area contributed by atoms with Gasteiger partial charge < -0.3 is 9.73 Å². The van der Waals surface area contributed by atoms with E-state index in [1.165, 1.54) is 0 Å². The van der Waals surface area contributed by atoms with E-state index in [9.17, 15) is 0 Å². The normalized spacial score (nSPS) is 10.9. The van der Waals surface area contributed by atoms with Gasteiger partial charge in [-0.3, -0.25) is 4.98 Å². The lowest BCUT2D eigenvalue weighted by molar-refractivity contribution is 0.497. The number of nitrogens with one attached hydrogen (secondary N) is 1. The summed E-state index contributed by atoms with van der Waals surface area (Å²) in [6.07, 6.45) is 3.54. The van der Waals surface area contributed by atoms with Crippen molar-refractivity contribution in [3.8, 4) is 11.1 Å². The summed E-state index contributed by atoms with van der Waals surface area (Å²) in [5.74, 6) is 0.959. The molecule has 0 unspecified atom stereocenters. The van der Waals surface area contributed by atoms with Gasteiger partial charge in [-0.2, -0.15) is 0 Å². The molecule has 0 aliphatic heterocycles. The van der Waals surface area contributed by atoms with Gasteiger partial charge >= 0.3 is 0 Å². The van der Waals surface area contributed by atoms with Gasteiger partial charge in [-0.25, -0.2) is 0 Å². The van der Waals surface area contributed by atoms with Crippen molar-refractivity contribution in [2.45, 2.75) is 6.54 Å². The maximum Gasteiger partial charge on any atom is 0.125 e. The van der Waals surface area contributed by atoms with E-state index < -0.39 is 0 Å². The minimum absolute atomic E-state index is 0.730. The standard InChI is InChI=1S/C15H14N2O/c1-16-10-15-13(6-8-18-15)11-4-5-14-12(9-11)3-2-7-17-14/h2-9,16H,10H2,1H3. The zero-order chi connectivity index (χ0) is 12.4. The summed E-state index contributed by atoms with van der Waals surface area (Å²) in [5.41, 5.74) is 3.31. The fourth-order valence-electron chi connectivity index (χ4n) is 2.14. The largest absolute Gasteiger partial charge is 0.467 e. The first-order valence-electron chi connectivity index (χ1n) is 5.94. The summed E-state index contributed by atoms with van der Waals surface area (Å²) in [7, 11) is 1.91. The zero-order valence-electron chi connectivity index (χ0n) is 10.2. The van der Waals surface area contributed by atoms with Crippen LogP contribution in [0.4, 0.5) is 0 Å². The highest BCUT2D eigenvalue weighted by molar-refractivity contribution is 5.84. The Kier molecular flexibility index (Phi) is 2.82. The molecule has 3 aromatic rings. The van der Waals surface area contributed by atoms with Crippen LogP contribution in [0.3, 0.4) is 0 Å². The fraction of sp³-hybridized carbons (Fsp3) is 0.133. The molecule has 90 valence electrons. The third kappa shape index (κ3) is 1.89. The molecule has 0 atom stereocenters. The predicted octanol–water partition coefficient (Wildman–Crippen LogP) is 3.21. The number of benzene rings is 1. The lowest BCUT2D eigenvalue weighted by Gasteiger charge is -2.04. The molecule has 1 aromatic carbocycles. The minimum Gasteiger partial charge on any atom is -0.467 e. The smallest absolute Gasteiger partial charge is 0.125 e. The van der Waals surface area contributed by atoms with Gasteiger partial charge in [0.15, 0.2) is 0 Å². The van der Waals surface area contributed by atoms with E-state index in [0.29, 0.717) is 0 Å². The van der Waals surface area contributed by atoms with Crippen LogP contribution in [0.25, 0.3) is 22.0 Å². The molecule has 2 aromatic heterocycles. The minimum atomic E-state index is 0.730. The van der Waals surface area contributed by atoms with E-state index in [2.05, 4.69) is 28.5 Å². The van der Waals surface area contributed by atoms with Crippen molar-refractivity contribution >= 4 is 10.9 Å². The van der Waals surface area contributed by atoms with Gasteiger partial charge in [0.25, 0.3) is 0 Å². The Hall–Kier alpha value is -2.13. The van der Waals surface area contributed by atoms with Gasteiger partial charge in [-0.1, -0.05) is 12.1 Å². The van der Waals surface area contributed by atoms with Crippen molar-refractivity contribution < 1.29 is 4.42 Å². The van der Waals surface area contributed by atoms with Crippen LogP contribution in [0.2, 0.25) is 0 Å². The van der Waals surface area contributed by atoms with Crippen LogP contribution in [-0.2, 0) is 6.54 Å². The SMILES string of the molecule is CNCc1occc1-c1ccc2ncccc2c1. The summed E-state index contributed by atoms with van der Waals surface area (Å²) in [5, 5.41) is 4.26. The van der Waals surface area contributed by atoms with E-state index in [0.717, 1.165) is 34.3 Å². The van der Waals surface area contributed by atoms with Crippen molar-refractivity contribution in [1.82, 2.24) is 10.3 Å². The average molecular weight is 238 g/mol. The molecule has 1 N–H and O–H groups in total. The number of furan rings is 1. The van der Waals surface area contributed by atoms with Crippen LogP contribution in [-0.4, -0.2) is 12.0 Å². The number of pyridine rings is 1. The molecule has 0 fully saturated rings. The molecule has 0 amide bonds. The first-order chi connectivity index (χ1) is 8.88. The first kappa shape index (κ1) is 11.0. The Labute approximate surface area is 105 Å². The molecule has 0 spiro atoms. The molecule has 2 heterocycles. The third-order valence-corrected chi connectivity index (χ3v) is 3.00. The summed E-state index contributed by atoms with van der Waals surface area (Å²) >= 11 is 0. The Morgan fingerprint density at radius 3 is 3.06 bits per heavy atom. The van der Waals surface area contributed by atoms with Gasteiger partial charge in [-0.15, -0.1) is 0 Å². The number of aromatic nitrogens is 1. The van der Waals surface area contributed by atoms with Crippen molar-refractivity contribution in [2.75, 3.05) is 7.05 Å². The van der Waals surface area contributed by atoms with Crippen molar-refractivity contribution in [3.63, 3.8) is 0 Å². The molecule has 0 saturated carbocycles. The molecule has 0 saturated heterocycles. The molecule has 3 heteroatoms. The van der Waals surface area contributed by atoms with E-state index in [1.54, 1.807) is 6.26 Å². The molecule has 0 aliphatic rings. The molecule has 18 heavy (non-hydrogen) atoms. The molecule has 3 rings (SSSR count). The van der Waals surface area contributed by atoms with Gasteiger partial charge in [-0.05, 0) is 36.9 Å². The van der Waals surface area contributed by atoms with Gasteiger partial charge in [0, 0.05) is 17.1 Å². The topological polar surface area (TPSA) is 38.1 Å². The third-order valence-electron chi connectivity index (χ3n) is 3.00. The van der Waals surface area contributed by atoms with Crippen molar-refractivity contribution in [3.05, 3.63) is 54.6 Å². The summed E-state index contributed by atoms with van der Waals surface area (Å²) in [4.78, 5) is 4.33. The van der Waals surface area contributed by atoms with Crippen LogP contribution in [0.15, 0.2) is 53.3 Å². The Bertz CT molecular complexity index is 673. The summed E-state index contributed by atoms with van der Waals surface area (Å²) in [6, 6.07) is 12.3. The molecule has 0 aliphatic carbocycles. The zero-order valence-corrected chi connectivity index (χ0v) is 10.2. The number of hydrogen-bond acceptors (Lipinski definition) is 3. The van der Waals surface area contributed by atoms with Crippen LogP contribution >= 0.6 is 0 Å². The van der Waals surface area contributed by atoms with Crippen molar-refractivity contribution in [2.24, 2.45) is 0 Å². The number of hydrogen-bond donors (Lipinski definition) is 1. The average Bonchev–Trinajstić information content (AvgIpc) is 2.87. The maximum absolute atomic E-state index is 5.49. The molecular formula is C15H14N2O. The molecular weight excluding hydrogens is 224 g/mol. The van der Waals surface area contributed by atoms with Crippen LogP contribution in [0.1, 0.15) is 5.76 Å². The number of fused-ring (bicyclic) bond motifs is 1. The second-order valence-electron chi connectivity index (χ2n) is 4.20. The monoisotopic (exact) mass is 238 g/mol. The fourth-order valence-corrected chi connectivity index (χ4v) is 2.14. The summed E-state index contributed by atoms with van der Waals surface area (Å²) < 4.78 is 5.49. The highest BCUT2D eigenvalue weighted by atomic mass is 16.3. The van der Waals surface area contributed by atoms with E-state index in [1.807, 2.05) is 31.4 Å². The van der Waals surface area contributed by atoms with Crippen LogP contribution in [0, 0.1) is 0 Å². The highest BCUT2D eigenvalue weighted by Gasteiger charge is 2.08. The van der Waals surface area contributed by atoms with Crippen LogP contribution in [0.5, 0.6) is 0 Å². The van der Waals surface area contributed by atoms with Crippen molar-refractivity contribution in [1.29, 1.82) is 0 Å². The molecule has 0 bridgehead atoms. The first-order valence-corrected chi connectivity index (χ1v) is 5.94. The second kappa shape index (κ2) is 4.63. The Morgan fingerprint density at radius 2 is 2.17 bits per heavy atom. The van der Waals surface area contributed by atoms with E-state index >= 15 is 0 Å². The Balaban J connectivity index is 2.10. The van der Waals surface area contributed by atoms with E-state index in [4.69, 9.17) is 4.42 Å². The lowest BCUT2D eigenvalue weighted by Crippen LogP contribution is -2.04. The number of nitrogens with zero attached hydrogens (tertiary/aromatic N) is 1.